The molecule has 0 spiro atoms. The molecule has 0 bridgehead atoms. The van der Waals surface area contributed by atoms with Gasteiger partial charge in [0.2, 0.25) is 5.91 Å². The smallest absolute Gasteiger partial charge is 0.312 e. The molecular weight excluding hydrogens is 813 g/mol. The van der Waals surface area contributed by atoms with Gasteiger partial charge < -0.3 is 34.5 Å². The fourth-order valence-electron chi connectivity index (χ4n) is 26.2. The van der Waals surface area contributed by atoms with Crippen LogP contribution in [-0.4, -0.2) is 82.4 Å². The van der Waals surface area contributed by atoms with Crippen LogP contribution in [0.3, 0.4) is 0 Å². The van der Waals surface area contributed by atoms with Gasteiger partial charge in [-0.15, -0.1) is 0 Å². The highest BCUT2D eigenvalue weighted by Gasteiger charge is 3.16. The largest absolute Gasteiger partial charge is 0.481 e. The first-order valence-electron chi connectivity index (χ1n) is 22.2. The van der Waals surface area contributed by atoms with E-state index >= 15 is 0 Å². The normalized spacial score (nSPS) is 68.8. The van der Waals surface area contributed by atoms with E-state index < -0.39 is 5.97 Å². The number of carboxylic acid groups (broad SMARTS) is 1. The number of carbonyl (C=O) groups excluding carboxylic acids is 6. The molecule has 0 saturated heterocycles. The first-order valence-corrected chi connectivity index (χ1v) is 22.2. The summed E-state index contributed by atoms with van der Waals surface area (Å²) < 4.78 is 24.5. The number of carboxylic acids is 1. The number of nitrogens with zero attached hydrogens (tertiary/aromatic N) is 1. The van der Waals surface area contributed by atoms with Crippen molar-refractivity contribution in [3.05, 3.63) is 0 Å². The predicted molar refractivity (Wildman–Crippen MR) is 206 cm³/mol. The second-order valence-corrected chi connectivity index (χ2v) is 23.3. The molecule has 334 valence electrons. The summed E-state index contributed by atoms with van der Waals surface area (Å²) in [4.78, 5) is 81.4. The predicted octanol–water partition coefficient (Wildman–Crippen LogP) is 1.76. The number of amides is 1. The number of hydrogen-bond donors (Lipinski definition) is 2. The Morgan fingerprint density at radius 1 is 0.381 bits per heavy atom. The maximum absolute atomic E-state index is 11.8. The summed E-state index contributed by atoms with van der Waals surface area (Å²) in [6, 6.07) is 2.51. The average molecular weight is 867 g/mol. The van der Waals surface area contributed by atoms with Gasteiger partial charge in [0.15, 0.2) is 0 Å². The van der Waals surface area contributed by atoms with Crippen LogP contribution >= 0.6 is 0 Å². The summed E-state index contributed by atoms with van der Waals surface area (Å²) in [7, 11) is 7.34. The van der Waals surface area contributed by atoms with Crippen LogP contribution in [0.2, 0.25) is 0 Å². The van der Waals surface area contributed by atoms with Crippen LogP contribution in [0.1, 0.15) is 22.3 Å². The van der Waals surface area contributed by atoms with Crippen molar-refractivity contribution >= 4 is 41.7 Å². The molecule has 24 fully saturated rings. The molecule has 0 aromatic rings. The number of ether oxygens (including phenoxy) is 5. The molecule has 0 aliphatic heterocycles. The van der Waals surface area contributed by atoms with Crippen molar-refractivity contribution in [2.45, 2.75) is 22.3 Å². The fourth-order valence-corrected chi connectivity index (χ4v) is 26.2. The number of esters is 5. The lowest BCUT2D eigenvalue weighted by Crippen LogP contribution is -3.12. The minimum absolute atomic E-state index is 0. The molecule has 24 aliphatic rings. The topological polar surface area (TPSA) is 236 Å². The Morgan fingerprint density at radius 3 is 0.714 bits per heavy atom. The molecule has 24 saturated carbocycles. The van der Waals surface area contributed by atoms with E-state index in [0.717, 1.165) is 0 Å². The van der Waals surface area contributed by atoms with Crippen LogP contribution in [0.5, 0.6) is 0 Å². The Labute approximate surface area is 363 Å². The van der Waals surface area contributed by atoms with Crippen molar-refractivity contribution in [1.29, 1.82) is 5.26 Å². The van der Waals surface area contributed by atoms with E-state index in [1.54, 1.807) is 0 Å². The van der Waals surface area contributed by atoms with Gasteiger partial charge in [-0.1, -0.05) is 22.3 Å². The number of hydrogen-bond acceptors (Lipinski definition) is 13. The van der Waals surface area contributed by atoms with Crippen molar-refractivity contribution in [3.63, 3.8) is 0 Å². The number of rotatable bonds is 7. The van der Waals surface area contributed by atoms with Crippen molar-refractivity contribution in [1.82, 2.24) is 0 Å². The lowest BCUT2D eigenvalue weighted by Gasteiger charge is -3.09. The molecule has 24 aliphatic carbocycles. The van der Waals surface area contributed by atoms with Gasteiger partial charge >= 0.3 is 35.8 Å². The number of aliphatic carboxylic acids is 1. The Balaban J connectivity index is 0.0000000803. The number of carbonyl (C=O) groups is 7. The summed E-state index contributed by atoms with van der Waals surface area (Å²) in [6.07, 6.45) is 0. The first kappa shape index (κ1) is 38.1. The summed E-state index contributed by atoms with van der Waals surface area (Å²) >= 11 is 0. The quantitative estimate of drug-likeness (QED) is 0.274. The third-order valence-corrected chi connectivity index (χ3v) is 26.2. The molecule has 24 rings (SSSR count). The zero-order chi connectivity index (χ0) is 41.1. The van der Waals surface area contributed by atoms with E-state index in [9.17, 15) is 38.7 Å². The third-order valence-electron chi connectivity index (χ3n) is 26.2. The minimum atomic E-state index is -0.607. The molecule has 63 heavy (non-hydrogen) atoms. The summed E-state index contributed by atoms with van der Waals surface area (Å²) in [6.45, 7) is 0. The van der Waals surface area contributed by atoms with Gasteiger partial charge in [0.1, 0.15) is 0 Å². The van der Waals surface area contributed by atoms with E-state index in [-0.39, 0.29) is 101 Å². The third kappa shape index (κ3) is 2.13. The molecule has 15 heteroatoms. The lowest BCUT2D eigenvalue weighted by atomic mass is 8.92. The van der Waals surface area contributed by atoms with Crippen LogP contribution in [0.25, 0.3) is 0 Å². The van der Waals surface area contributed by atoms with Crippen molar-refractivity contribution in [2.24, 2.45) is 191 Å². The minimum Gasteiger partial charge on any atom is -0.481 e. The summed E-state index contributed by atoms with van der Waals surface area (Å²) in [5, 5.41) is 18.4. The Bertz CT molecular complexity index is 2230. The maximum Gasteiger partial charge on any atom is 0.312 e. The second-order valence-electron chi connectivity index (χ2n) is 23.3. The van der Waals surface area contributed by atoms with Crippen molar-refractivity contribution in [2.75, 3.05) is 35.5 Å². The Morgan fingerprint density at radius 2 is 0.556 bits per heavy atom. The Kier molecular flexibility index (Phi) is 5.52. The molecule has 0 heterocycles. The SMILES string of the molecule is C.C.C.COC(=O)C12C3C4C1C1C2C3C41C#N.COC(=O)C12C3C4C1C1C2C3C41C(=O)O.COC(=O)C12C3C4C1C1C2C3C41C(=O)OC.COC(=O)C12C3C4C1C1C2C3C41C(N)=O. The van der Waals surface area contributed by atoms with Gasteiger partial charge in [-0.05, 0) is 142 Å². The second kappa shape index (κ2) is 9.14. The summed E-state index contributed by atoms with van der Waals surface area (Å²) in [5.74, 6) is 10.2. The van der Waals surface area contributed by atoms with Gasteiger partial charge in [0.05, 0.1) is 84.9 Å². The van der Waals surface area contributed by atoms with Crippen molar-refractivity contribution in [3.8, 4) is 6.07 Å². The first-order chi connectivity index (χ1) is 28.8. The fraction of sp³-hybridized carbons (Fsp3) is 0.833. The molecule has 0 radical (unpaired) electrons. The van der Waals surface area contributed by atoms with Gasteiger partial charge in [-0.3, -0.25) is 33.6 Å². The highest BCUT2D eigenvalue weighted by molar-refractivity contribution is 5.99. The average Bonchev–Trinajstić information content (AvgIpc) is 3.29. The van der Waals surface area contributed by atoms with E-state index in [4.69, 9.17) is 34.7 Å². The highest BCUT2D eigenvalue weighted by atomic mass is 16.5. The van der Waals surface area contributed by atoms with Crippen molar-refractivity contribution < 1.29 is 62.4 Å². The van der Waals surface area contributed by atoms with E-state index in [2.05, 4.69) is 6.07 Å². The number of primary amides is 1. The molecule has 0 aromatic carbocycles. The molecule has 15 nitrogen and oxygen atoms in total. The molecular formula is C48H54N2O13. The molecule has 0 aromatic heterocycles. The zero-order valence-electron chi connectivity index (χ0n) is 33.2. The monoisotopic (exact) mass is 866 g/mol. The van der Waals surface area contributed by atoms with Gasteiger partial charge in [-0.2, -0.15) is 5.26 Å². The standard InChI is InChI=1S/C12H12O4.C11H11NO3.C11H9NO2.C11H10O4.3CH4/c1-15-9(13)11-3-6-4(11)8-5(11)7(3)12(6,8)10(14)16-2;1-15-9(14)11-5-2-6(11)4-7(11)3(5)10(2,4)8(12)13;1-14-9(13)11-6-3-7(11)5-8(11)4(6)10(3,5)2-12;1-15-9(14)11-5-2-6(11)4-7(11)3(5)10(2,4)8(12)13;;;/h3-8H,1-2H3;2-7H,1H3,(H2,12,13);3-8H,1H3;2-7H,1H3,(H,12,13);3*1H4. The zero-order valence-corrected chi connectivity index (χ0v) is 33.2. The van der Waals surface area contributed by atoms with Crippen LogP contribution in [0.4, 0.5) is 0 Å². The van der Waals surface area contributed by atoms with Crippen LogP contribution in [0.15, 0.2) is 0 Å². The molecule has 0 unspecified atom stereocenters. The maximum atomic E-state index is 11.8. The van der Waals surface area contributed by atoms with E-state index in [1.165, 1.54) is 35.5 Å². The number of nitrogens with two attached hydrogens (primary N) is 1. The van der Waals surface area contributed by atoms with Crippen LogP contribution < -0.4 is 5.73 Å². The van der Waals surface area contributed by atoms with Gasteiger partial charge in [0, 0.05) is 0 Å². The summed E-state index contributed by atoms with van der Waals surface area (Å²) in [5.41, 5.74) is 4.39. The molecule has 3 N–H and O–H groups in total. The lowest BCUT2D eigenvalue weighted by molar-refractivity contribution is -0.628. The molecule has 0 atom stereocenters. The number of nitriles is 1. The molecule has 1 amide bonds. The van der Waals surface area contributed by atoms with Gasteiger partial charge in [-0.25, -0.2) is 0 Å². The van der Waals surface area contributed by atoms with E-state index in [0.29, 0.717) is 142 Å². The van der Waals surface area contributed by atoms with Crippen LogP contribution in [0, 0.1) is 197 Å². The number of methoxy groups -OCH3 is 5. The van der Waals surface area contributed by atoms with Crippen LogP contribution in [-0.2, 0) is 57.2 Å². The van der Waals surface area contributed by atoms with E-state index in [1.807, 2.05) is 0 Å². The Hall–Kier alpha value is -4.22. The highest BCUT2D eigenvalue weighted by Crippen LogP contribution is 3.13. The van der Waals surface area contributed by atoms with Gasteiger partial charge in [0.25, 0.3) is 0 Å².